The van der Waals surface area contributed by atoms with Gasteiger partial charge < -0.3 is 15.4 Å². The average molecular weight is 495 g/mol. The maximum atomic E-state index is 13.5. The van der Waals surface area contributed by atoms with E-state index in [9.17, 15) is 23.6 Å². The number of nitrogens with one attached hydrogen (secondary N) is 2. The SMILES string of the molecule is CCOC(=O)C1=C(CN2CC(=O)N(CCc3ccccc3)C(=O)C2)NC(=O)NC1c1ccc(F)cc1. The molecule has 36 heavy (non-hydrogen) atoms. The summed E-state index contributed by atoms with van der Waals surface area (Å²) >= 11 is 0. The topological polar surface area (TPSA) is 108 Å². The quantitative estimate of drug-likeness (QED) is 0.429. The van der Waals surface area contributed by atoms with Crippen LogP contribution in [0, 0.1) is 5.82 Å². The lowest BCUT2D eigenvalue weighted by atomic mass is 9.95. The number of carbonyl (C=O) groups is 4. The van der Waals surface area contributed by atoms with Crippen LogP contribution in [0.2, 0.25) is 0 Å². The number of benzene rings is 2. The van der Waals surface area contributed by atoms with E-state index in [1.54, 1.807) is 11.8 Å². The molecule has 1 atom stereocenters. The van der Waals surface area contributed by atoms with Crippen LogP contribution in [-0.2, 0) is 25.5 Å². The zero-order valence-electron chi connectivity index (χ0n) is 19.8. The number of imide groups is 1. The van der Waals surface area contributed by atoms with Gasteiger partial charge in [0.05, 0.1) is 31.3 Å². The van der Waals surface area contributed by atoms with E-state index in [1.807, 2.05) is 30.3 Å². The van der Waals surface area contributed by atoms with Gasteiger partial charge in [-0.15, -0.1) is 0 Å². The number of esters is 1. The van der Waals surface area contributed by atoms with Crippen LogP contribution in [0.15, 0.2) is 65.9 Å². The normalized spacial score (nSPS) is 18.7. The summed E-state index contributed by atoms with van der Waals surface area (Å²) in [5.41, 5.74) is 1.87. The minimum atomic E-state index is -0.882. The molecule has 10 heteroatoms. The molecule has 2 aliphatic heterocycles. The van der Waals surface area contributed by atoms with Crippen molar-refractivity contribution in [2.24, 2.45) is 0 Å². The minimum Gasteiger partial charge on any atom is -0.463 e. The van der Waals surface area contributed by atoms with E-state index in [-0.39, 0.29) is 55.9 Å². The lowest BCUT2D eigenvalue weighted by molar-refractivity contribution is -0.151. The molecule has 4 rings (SSSR count). The molecule has 2 heterocycles. The standard InChI is InChI=1S/C26H27FN4O5/c1-2-36-25(34)23-20(28-26(35)29-24(23)18-8-10-19(27)11-9-18)14-30-15-21(32)31(22(33)16-30)13-12-17-6-4-3-5-7-17/h3-11,24H,2,12-16H2,1H3,(H2,28,29,35). The average Bonchev–Trinajstić information content (AvgIpc) is 2.84. The summed E-state index contributed by atoms with van der Waals surface area (Å²) in [5.74, 6) is -1.82. The van der Waals surface area contributed by atoms with Gasteiger partial charge in [0.1, 0.15) is 5.82 Å². The maximum Gasteiger partial charge on any atom is 0.338 e. The Bertz CT molecular complexity index is 1160. The Balaban J connectivity index is 1.53. The summed E-state index contributed by atoms with van der Waals surface area (Å²) in [6.07, 6.45) is 0.553. The van der Waals surface area contributed by atoms with Crippen molar-refractivity contribution in [1.82, 2.24) is 20.4 Å². The number of carbonyl (C=O) groups excluding carboxylic acids is 4. The third-order valence-electron chi connectivity index (χ3n) is 6.02. The van der Waals surface area contributed by atoms with Gasteiger partial charge in [-0.2, -0.15) is 0 Å². The van der Waals surface area contributed by atoms with Crippen molar-refractivity contribution in [3.05, 3.63) is 82.8 Å². The summed E-state index contributed by atoms with van der Waals surface area (Å²) in [5, 5.41) is 5.30. The number of halogens is 1. The van der Waals surface area contributed by atoms with Crippen LogP contribution in [0.25, 0.3) is 0 Å². The molecule has 2 aromatic carbocycles. The number of hydrogen-bond donors (Lipinski definition) is 2. The summed E-state index contributed by atoms with van der Waals surface area (Å²) in [6, 6.07) is 13.5. The largest absolute Gasteiger partial charge is 0.463 e. The second kappa shape index (κ2) is 11.1. The van der Waals surface area contributed by atoms with Crippen molar-refractivity contribution in [3.8, 4) is 0 Å². The van der Waals surface area contributed by atoms with Gasteiger partial charge in [-0.1, -0.05) is 42.5 Å². The van der Waals surface area contributed by atoms with E-state index in [1.165, 1.54) is 29.2 Å². The van der Waals surface area contributed by atoms with Crippen molar-refractivity contribution in [3.63, 3.8) is 0 Å². The van der Waals surface area contributed by atoms with E-state index < -0.39 is 23.9 Å². The highest BCUT2D eigenvalue weighted by atomic mass is 19.1. The molecule has 0 radical (unpaired) electrons. The predicted octanol–water partition coefficient (Wildman–Crippen LogP) is 1.91. The number of hydrogen-bond acceptors (Lipinski definition) is 6. The van der Waals surface area contributed by atoms with Gasteiger partial charge in [0.25, 0.3) is 0 Å². The fourth-order valence-electron chi connectivity index (χ4n) is 4.32. The van der Waals surface area contributed by atoms with Crippen LogP contribution in [0.4, 0.5) is 9.18 Å². The molecule has 1 fully saturated rings. The Morgan fingerprint density at radius 1 is 1.03 bits per heavy atom. The molecule has 0 spiro atoms. The van der Waals surface area contributed by atoms with Crippen LogP contribution in [-0.4, -0.2) is 66.4 Å². The Labute approximate surface area is 207 Å². The molecule has 0 bridgehead atoms. The number of nitrogens with zero attached hydrogens (tertiary/aromatic N) is 2. The number of ether oxygens (including phenoxy) is 1. The number of rotatable bonds is 8. The van der Waals surface area contributed by atoms with Crippen LogP contribution >= 0.6 is 0 Å². The van der Waals surface area contributed by atoms with E-state index in [0.29, 0.717) is 12.0 Å². The first-order chi connectivity index (χ1) is 17.4. The first kappa shape index (κ1) is 25.1. The van der Waals surface area contributed by atoms with Crippen molar-refractivity contribution in [2.75, 3.05) is 32.8 Å². The van der Waals surface area contributed by atoms with Crippen LogP contribution < -0.4 is 10.6 Å². The Kier molecular flexibility index (Phi) is 7.74. The third-order valence-corrected chi connectivity index (χ3v) is 6.02. The zero-order valence-corrected chi connectivity index (χ0v) is 19.8. The van der Waals surface area contributed by atoms with Crippen molar-refractivity contribution >= 4 is 23.8 Å². The zero-order chi connectivity index (χ0) is 25.7. The molecule has 1 saturated heterocycles. The molecule has 9 nitrogen and oxygen atoms in total. The molecule has 0 saturated carbocycles. The van der Waals surface area contributed by atoms with E-state index >= 15 is 0 Å². The smallest absolute Gasteiger partial charge is 0.338 e. The molecular weight excluding hydrogens is 467 g/mol. The van der Waals surface area contributed by atoms with Gasteiger partial charge in [-0.25, -0.2) is 14.0 Å². The predicted molar refractivity (Wildman–Crippen MR) is 128 cm³/mol. The molecule has 0 aliphatic carbocycles. The van der Waals surface area contributed by atoms with Gasteiger partial charge >= 0.3 is 12.0 Å². The summed E-state index contributed by atoms with van der Waals surface area (Å²) in [7, 11) is 0. The second-order valence-electron chi connectivity index (χ2n) is 8.52. The lowest BCUT2D eigenvalue weighted by Gasteiger charge is -2.35. The van der Waals surface area contributed by atoms with Gasteiger partial charge in [0.2, 0.25) is 11.8 Å². The van der Waals surface area contributed by atoms with Crippen LogP contribution in [0.1, 0.15) is 24.1 Å². The Morgan fingerprint density at radius 3 is 2.33 bits per heavy atom. The molecule has 0 aromatic heterocycles. The lowest BCUT2D eigenvalue weighted by Crippen LogP contribution is -2.56. The maximum absolute atomic E-state index is 13.5. The molecule has 2 aromatic rings. The van der Waals surface area contributed by atoms with Gasteiger partial charge in [-0.3, -0.25) is 19.4 Å². The van der Waals surface area contributed by atoms with Crippen LogP contribution in [0.3, 0.4) is 0 Å². The summed E-state index contributed by atoms with van der Waals surface area (Å²) in [4.78, 5) is 53.8. The highest BCUT2D eigenvalue weighted by Crippen LogP contribution is 2.28. The highest BCUT2D eigenvalue weighted by Gasteiger charge is 2.37. The monoisotopic (exact) mass is 494 g/mol. The van der Waals surface area contributed by atoms with E-state index in [4.69, 9.17) is 4.74 Å². The molecular formula is C26H27FN4O5. The molecule has 4 amide bonds. The fourth-order valence-corrected chi connectivity index (χ4v) is 4.32. The first-order valence-corrected chi connectivity index (χ1v) is 11.7. The van der Waals surface area contributed by atoms with Crippen molar-refractivity contribution in [2.45, 2.75) is 19.4 Å². The number of amides is 4. The van der Waals surface area contributed by atoms with Gasteiger partial charge in [0.15, 0.2) is 0 Å². The summed E-state index contributed by atoms with van der Waals surface area (Å²) in [6.45, 7) is 1.92. The minimum absolute atomic E-state index is 0.0245. The summed E-state index contributed by atoms with van der Waals surface area (Å²) < 4.78 is 18.7. The molecule has 188 valence electrons. The van der Waals surface area contributed by atoms with Crippen molar-refractivity contribution in [1.29, 1.82) is 0 Å². The second-order valence-corrected chi connectivity index (χ2v) is 8.52. The molecule has 2 N–H and O–H groups in total. The fraction of sp³-hybridized carbons (Fsp3) is 0.308. The van der Waals surface area contributed by atoms with Crippen LogP contribution in [0.5, 0.6) is 0 Å². The Hall–Kier alpha value is -4.05. The number of piperazine rings is 1. The first-order valence-electron chi connectivity index (χ1n) is 11.7. The third kappa shape index (κ3) is 5.77. The van der Waals surface area contributed by atoms with E-state index in [0.717, 1.165) is 5.56 Å². The molecule has 2 aliphatic rings. The van der Waals surface area contributed by atoms with Gasteiger partial charge in [0, 0.05) is 18.8 Å². The van der Waals surface area contributed by atoms with Crippen molar-refractivity contribution < 1.29 is 28.3 Å². The molecule has 1 unspecified atom stereocenters. The number of urea groups is 1. The van der Waals surface area contributed by atoms with E-state index in [2.05, 4.69) is 10.6 Å². The highest BCUT2D eigenvalue weighted by molar-refractivity contribution is 5.99. The van der Waals surface area contributed by atoms with Gasteiger partial charge in [-0.05, 0) is 36.6 Å². The Morgan fingerprint density at radius 2 is 1.69 bits per heavy atom.